The van der Waals surface area contributed by atoms with Crippen LogP contribution in [0.15, 0.2) is 48.5 Å². The van der Waals surface area contributed by atoms with Crippen molar-refractivity contribution in [3.05, 3.63) is 54.1 Å². The molecule has 3 nitrogen and oxygen atoms in total. The van der Waals surface area contributed by atoms with E-state index in [9.17, 15) is 13.9 Å². The number of ether oxygens (including phenoxy) is 1. The highest BCUT2D eigenvalue weighted by atomic mass is 19.3. The van der Waals surface area contributed by atoms with E-state index in [0.717, 1.165) is 11.3 Å². The fourth-order valence-electron chi connectivity index (χ4n) is 1.87. The zero-order valence-electron chi connectivity index (χ0n) is 10.9. The van der Waals surface area contributed by atoms with Gasteiger partial charge in [-0.05, 0) is 36.8 Å². The lowest BCUT2D eigenvalue weighted by molar-refractivity contribution is -0.0498. The van der Waals surface area contributed by atoms with Gasteiger partial charge in [0.15, 0.2) is 0 Å². The van der Waals surface area contributed by atoms with Crippen molar-refractivity contribution in [2.24, 2.45) is 0 Å². The van der Waals surface area contributed by atoms with Crippen molar-refractivity contribution in [1.29, 1.82) is 0 Å². The molecule has 0 heterocycles. The summed E-state index contributed by atoms with van der Waals surface area (Å²) in [5, 5.41) is 12.6. The molecule has 0 aromatic heterocycles. The highest BCUT2D eigenvalue weighted by Crippen LogP contribution is 2.24. The molecule has 1 unspecified atom stereocenters. The lowest BCUT2D eigenvalue weighted by Gasteiger charge is -2.16. The third-order valence-corrected chi connectivity index (χ3v) is 2.83. The first-order chi connectivity index (χ1) is 9.54. The molecule has 2 aromatic carbocycles. The summed E-state index contributed by atoms with van der Waals surface area (Å²) in [6, 6.07) is 13.2. The van der Waals surface area contributed by atoms with E-state index in [4.69, 9.17) is 0 Å². The van der Waals surface area contributed by atoms with E-state index in [0.29, 0.717) is 0 Å². The molecule has 0 spiro atoms. The van der Waals surface area contributed by atoms with E-state index in [2.05, 4.69) is 10.1 Å². The molecule has 2 rings (SSSR count). The number of benzene rings is 2. The summed E-state index contributed by atoms with van der Waals surface area (Å²) in [5.74, 6) is 0.316. The van der Waals surface area contributed by atoms with Gasteiger partial charge in [-0.3, -0.25) is 0 Å². The maximum absolute atomic E-state index is 12.0. The predicted molar refractivity (Wildman–Crippen MR) is 73.2 cm³/mol. The number of anilines is 1. The van der Waals surface area contributed by atoms with Crippen LogP contribution in [0.3, 0.4) is 0 Å². The molecule has 0 radical (unpaired) electrons. The van der Waals surface area contributed by atoms with Crippen LogP contribution in [0.2, 0.25) is 0 Å². The number of nitrogens with one attached hydrogen (secondary N) is 1. The van der Waals surface area contributed by atoms with Crippen molar-refractivity contribution in [2.45, 2.75) is 19.6 Å². The fraction of sp³-hybridized carbons (Fsp3) is 0.200. The van der Waals surface area contributed by atoms with E-state index < -0.39 is 6.61 Å². The van der Waals surface area contributed by atoms with Gasteiger partial charge in [0.2, 0.25) is 0 Å². The maximum atomic E-state index is 12.0. The average Bonchev–Trinajstić information content (AvgIpc) is 2.38. The third kappa shape index (κ3) is 3.85. The molecule has 0 aliphatic rings. The van der Waals surface area contributed by atoms with Crippen LogP contribution in [0.1, 0.15) is 18.5 Å². The minimum Gasteiger partial charge on any atom is -0.508 e. The Morgan fingerprint density at radius 3 is 2.40 bits per heavy atom. The van der Waals surface area contributed by atoms with E-state index in [1.54, 1.807) is 30.3 Å². The van der Waals surface area contributed by atoms with E-state index in [1.807, 2.05) is 13.0 Å². The molecular formula is C15H15F2NO2. The van der Waals surface area contributed by atoms with Gasteiger partial charge in [0.05, 0.1) is 0 Å². The van der Waals surface area contributed by atoms with Gasteiger partial charge in [0.25, 0.3) is 0 Å². The molecule has 0 amide bonds. The van der Waals surface area contributed by atoms with Crippen molar-refractivity contribution in [2.75, 3.05) is 5.32 Å². The monoisotopic (exact) mass is 279 g/mol. The van der Waals surface area contributed by atoms with Crippen LogP contribution in [0.25, 0.3) is 0 Å². The highest BCUT2D eigenvalue weighted by Gasteiger charge is 2.08. The van der Waals surface area contributed by atoms with Crippen LogP contribution >= 0.6 is 0 Å². The number of aromatic hydroxyl groups is 1. The minimum atomic E-state index is -2.82. The topological polar surface area (TPSA) is 41.5 Å². The average molecular weight is 279 g/mol. The largest absolute Gasteiger partial charge is 0.508 e. The first-order valence-electron chi connectivity index (χ1n) is 6.15. The van der Waals surface area contributed by atoms with Crippen molar-refractivity contribution >= 4 is 5.69 Å². The van der Waals surface area contributed by atoms with Gasteiger partial charge in [-0.25, -0.2) is 0 Å². The number of rotatable bonds is 5. The molecule has 106 valence electrons. The maximum Gasteiger partial charge on any atom is 0.387 e. The Labute approximate surface area is 115 Å². The zero-order chi connectivity index (χ0) is 14.5. The van der Waals surface area contributed by atoms with Gasteiger partial charge in [0.1, 0.15) is 11.5 Å². The Balaban J connectivity index is 2.03. The lowest BCUT2D eigenvalue weighted by atomic mass is 10.1. The summed E-state index contributed by atoms with van der Waals surface area (Å²) in [4.78, 5) is 0. The smallest absolute Gasteiger partial charge is 0.387 e. The third-order valence-electron chi connectivity index (χ3n) is 2.83. The highest BCUT2D eigenvalue weighted by molar-refractivity contribution is 5.49. The van der Waals surface area contributed by atoms with Crippen LogP contribution in [0.4, 0.5) is 14.5 Å². The standard InChI is InChI=1S/C15H15F2NO2/c1-10(18-12-3-2-4-13(19)9-12)11-5-7-14(8-6-11)20-15(16)17/h2-10,15,18-19H,1H3. The fourth-order valence-corrected chi connectivity index (χ4v) is 1.87. The molecular weight excluding hydrogens is 264 g/mol. The Morgan fingerprint density at radius 2 is 1.80 bits per heavy atom. The van der Waals surface area contributed by atoms with Gasteiger partial charge in [-0.15, -0.1) is 0 Å². The van der Waals surface area contributed by atoms with Gasteiger partial charge in [-0.2, -0.15) is 8.78 Å². The second kappa shape index (κ2) is 6.23. The second-order valence-electron chi connectivity index (χ2n) is 4.36. The molecule has 5 heteroatoms. The molecule has 0 saturated heterocycles. The molecule has 0 aliphatic carbocycles. The lowest BCUT2D eigenvalue weighted by Crippen LogP contribution is -2.07. The first kappa shape index (κ1) is 14.1. The quantitative estimate of drug-likeness (QED) is 0.863. The SMILES string of the molecule is CC(Nc1cccc(O)c1)c1ccc(OC(F)F)cc1. The number of phenols is 1. The molecule has 0 aliphatic heterocycles. The Bertz CT molecular complexity index is 558. The van der Waals surface area contributed by atoms with E-state index in [1.165, 1.54) is 12.1 Å². The second-order valence-corrected chi connectivity index (χ2v) is 4.36. The Hall–Kier alpha value is -2.30. The van der Waals surface area contributed by atoms with Crippen LogP contribution in [0, 0.1) is 0 Å². The summed E-state index contributed by atoms with van der Waals surface area (Å²) in [7, 11) is 0. The van der Waals surface area contributed by atoms with Crippen molar-refractivity contribution in [3.63, 3.8) is 0 Å². The van der Waals surface area contributed by atoms with Crippen LogP contribution in [-0.4, -0.2) is 11.7 Å². The summed E-state index contributed by atoms with van der Waals surface area (Å²) >= 11 is 0. The van der Waals surface area contributed by atoms with Gasteiger partial charge >= 0.3 is 6.61 Å². The summed E-state index contributed by atoms with van der Waals surface area (Å²) in [5.41, 5.74) is 1.71. The summed E-state index contributed by atoms with van der Waals surface area (Å²) in [6.07, 6.45) is 0. The number of hydrogen-bond donors (Lipinski definition) is 2. The van der Waals surface area contributed by atoms with Crippen LogP contribution in [-0.2, 0) is 0 Å². The molecule has 2 aromatic rings. The Kier molecular flexibility index (Phi) is 4.40. The number of hydrogen-bond acceptors (Lipinski definition) is 3. The Morgan fingerprint density at radius 1 is 1.10 bits per heavy atom. The number of phenolic OH excluding ortho intramolecular Hbond substituents is 1. The molecule has 20 heavy (non-hydrogen) atoms. The molecule has 2 N–H and O–H groups in total. The predicted octanol–water partition coefficient (Wildman–Crippen LogP) is 4.17. The van der Waals surface area contributed by atoms with Crippen molar-refractivity contribution in [3.8, 4) is 11.5 Å². The molecule has 0 saturated carbocycles. The number of alkyl halides is 2. The van der Waals surface area contributed by atoms with Crippen molar-refractivity contribution in [1.82, 2.24) is 0 Å². The normalized spacial score (nSPS) is 12.2. The summed E-state index contributed by atoms with van der Waals surface area (Å²) < 4.78 is 28.4. The summed E-state index contributed by atoms with van der Waals surface area (Å²) in [6.45, 7) is -0.879. The van der Waals surface area contributed by atoms with Gasteiger partial charge < -0.3 is 15.2 Å². The zero-order valence-corrected chi connectivity index (χ0v) is 10.9. The van der Waals surface area contributed by atoms with Gasteiger partial charge in [0, 0.05) is 17.8 Å². The van der Waals surface area contributed by atoms with E-state index in [-0.39, 0.29) is 17.5 Å². The van der Waals surface area contributed by atoms with Gasteiger partial charge in [-0.1, -0.05) is 18.2 Å². The number of halogens is 2. The molecule has 0 bridgehead atoms. The van der Waals surface area contributed by atoms with E-state index >= 15 is 0 Å². The first-order valence-corrected chi connectivity index (χ1v) is 6.15. The van der Waals surface area contributed by atoms with Crippen LogP contribution < -0.4 is 10.1 Å². The molecule has 0 fully saturated rings. The minimum absolute atomic E-state index is 0.0302. The molecule has 1 atom stereocenters. The van der Waals surface area contributed by atoms with Crippen molar-refractivity contribution < 1.29 is 18.6 Å². The van der Waals surface area contributed by atoms with Crippen LogP contribution in [0.5, 0.6) is 11.5 Å².